The third-order valence-corrected chi connectivity index (χ3v) is 5.64. The Balaban J connectivity index is 2.16. The van der Waals surface area contributed by atoms with E-state index in [4.69, 9.17) is 11.6 Å². The first kappa shape index (κ1) is 16.5. The summed E-state index contributed by atoms with van der Waals surface area (Å²) in [6.45, 7) is 4.33. The minimum Gasteiger partial charge on any atom is -0.372 e. The van der Waals surface area contributed by atoms with Gasteiger partial charge in [-0.15, -0.1) is 0 Å². The van der Waals surface area contributed by atoms with E-state index in [0.29, 0.717) is 22.7 Å². The molecule has 1 aliphatic rings. The number of hydrogen-bond acceptors (Lipinski definition) is 4. The van der Waals surface area contributed by atoms with Crippen molar-refractivity contribution < 1.29 is 8.42 Å². The van der Waals surface area contributed by atoms with E-state index in [2.05, 4.69) is 28.9 Å². The smallest absolute Gasteiger partial charge is 0.242 e. The molecule has 0 spiro atoms. The van der Waals surface area contributed by atoms with Crippen LogP contribution in [0.4, 0.5) is 5.82 Å². The van der Waals surface area contributed by atoms with Crippen molar-refractivity contribution in [1.82, 2.24) is 9.71 Å². The number of halogens is 1. The molecule has 0 amide bonds. The molecule has 1 aromatic rings. The number of nitrogens with zero attached hydrogens (tertiary/aromatic N) is 1. The lowest BCUT2D eigenvalue weighted by Gasteiger charge is -2.31. The zero-order valence-corrected chi connectivity index (χ0v) is 14.1. The second-order valence-corrected chi connectivity index (χ2v) is 8.11. The third-order valence-electron chi connectivity index (χ3n) is 3.86. The Morgan fingerprint density at radius 2 is 1.86 bits per heavy atom. The summed E-state index contributed by atoms with van der Waals surface area (Å²) in [5.41, 5.74) is 0. The van der Waals surface area contributed by atoms with Crippen molar-refractivity contribution in [1.29, 1.82) is 0 Å². The molecule has 1 aromatic heterocycles. The molecule has 0 radical (unpaired) electrons. The highest BCUT2D eigenvalue weighted by atomic mass is 35.5. The Morgan fingerprint density at radius 1 is 1.24 bits per heavy atom. The summed E-state index contributed by atoms with van der Waals surface area (Å²) in [7, 11) is -1.89. The first-order chi connectivity index (χ1) is 9.81. The van der Waals surface area contributed by atoms with E-state index in [1.54, 1.807) is 7.05 Å². The van der Waals surface area contributed by atoms with Crippen LogP contribution in [0.2, 0.25) is 5.02 Å². The molecule has 0 bridgehead atoms. The average molecular weight is 332 g/mol. The van der Waals surface area contributed by atoms with Gasteiger partial charge in [-0.2, -0.15) is 0 Å². The highest BCUT2D eigenvalue weighted by Crippen LogP contribution is 2.30. The average Bonchev–Trinajstić information content (AvgIpc) is 2.36. The molecule has 7 heteroatoms. The van der Waals surface area contributed by atoms with Gasteiger partial charge in [-0.3, -0.25) is 0 Å². The number of anilines is 1. The van der Waals surface area contributed by atoms with Gasteiger partial charge < -0.3 is 5.32 Å². The molecule has 1 heterocycles. The molecule has 2 atom stereocenters. The molecule has 2 rings (SSSR count). The second kappa shape index (κ2) is 6.50. The Bertz CT molecular complexity index is 596. The van der Waals surface area contributed by atoms with Gasteiger partial charge in [0, 0.05) is 19.3 Å². The fourth-order valence-corrected chi connectivity index (χ4v) is 4.64. The maximum absolute atomic E-state index is 12.4. The van der Waals surface area contributed by atoms with Crippen LogP contribution in [0.1, 0.15) is 33.1 Å². The number of hydrogen-bond donors (Lipinski definition) is 2. The third kappa shape index (κ3) is 4.08. The Kier molecular flexibility index (Phi) is 5.11. The van der Waals surface area contributed by atoms with Crippen molar-refractivity contribution in [3.8, 4) is 0 Å². The van der Waals surface area contributed by atoms with Crippen LogP contribution in [0.5, 0.6) is 0 Å². The quantitative estimate of drug-likeness (QED) is 0.890. The van der Waals surface area contributed by atoms with E-state index in [0.717, 1.165) is 19.3 Å². The maximum Gasteiger partial charge on any atom is 0.242 e. The summed E-state index contributed by atoms with van der Waals surface area (Å²) >= 11 is 6.01. The SMILES string of the molecule is CNc1ncc(S(=O)(=O)NC2CC(C)CC(C)C2)cc1Cl. The summed E-state index contributed by atoms with van der Waals surface area (Å²) in [6, 6.07) is 1.41. The predicted molar refractivity (Wildman–Crippen MR) is 85.1 cm³/mol. The van der Waals surface area contributed by atoms with Crippen LogP contribution in [-0.4, -0.2) is 26.5 Å². The van der Waals surface area contributed by atoms with Crippen LogP contribution in [0.25, 0.3) is 0 Å². The topological polar surface area (TPSA) is 71.1 Å². The normalized spacial score (nSPS) is 26.6. The van der Waals surface area contributed by atoms with Gasteiger partial charge >= 0.3 is 0 Å². The van der Waals surface area contributed by atoms with E-state index < -0.39 is 10.0 Å². The lowest BCUT2D eigenvalue weighted by molar-refractivity contribution is 0.257. The highest BCUT2D eigenvalue weighted by molar-refractivity contribution is 7.89. The molecule has 5 nitrogen and oxygen atoms in total. The van der Waals surface area contributed by atoms with Gasteiger partial charge in [-0.25, -0.2) is 18.1 Å². The number of rotatable bonds is 4. The van der Waals surface area contributed by atoms with Crippen LogP contribution in [0.3, 0.4) is 0 Å². The summed E-state index contributed by atoms with van der Waals surface area (Å²) in [4.78, 5) is 4.13. The van der Waals surface area contributed by atoms with Crippen LogP contribution >= 0.6 is 11.6 Å². The van der Waals surface area contributed by atoms with Crippen LogP contribution in [0.15, 0.2) is 17.2 Å². The van der Waals surface area contributed by atoms with Crippen molar-refractivity contribution in [2.75, 3.05) is 12.4 Å². The van der Waals surface area contributed by atoms with Gasteiger partial charge in [-0.1, -0.05) is 25.4 Å². The minimum atomic E-state index is -3.58. The fourth-order valence-electron chi connectivity index (χ4n) is 3.08. The lowest BCUT2D eigenvalue weighted by atomic mass is 9.81. The zero-order chi connectivity index (χ0) is 15.6. The van der Waals surface area contributed by atoms with E-state index in [-0.39, 0.29) is 10.9 Å². The summed E-state index contributed by atoms with van der Waals surface area (Å²) in [5, 5.41) is 3.11. The first-order valence-corrected chi connectivity index (χ1v) is 9.03. The molecule has 1 aliphatic carbocycles. The van der Waals surface area contributed by atoms with Gasteiger partial charge in [-0.05, 0) is 37.2 Å². The standard InChI is InChI=1S/C14H22ClN3O2S/c1-9-4-10(2)6-11(5-9)18-21(19,20)12-7-13(15)14(16-3)17-8-12/h7-11,18H,4-6H2,1-3H3,(H,16,17). The Labute approximate surface area is 131 Å². The predicted octanol–water partition coefficient (Wildman–Crippen LogP) is 2.88. The molecule has 21 heavy (non-hydrogen) atoms. The minimum absolute atomic E-state index is 0.0171. The summed E-state index contributed by atoms with van der Waals surface area (Å²) in [6.07, 6.45) is 4.23. The van der Waals surface area contributed by atoms with Crippen LogP contribution in [0, 0.1) is 11.8 Å². The van der Waals surface area contributed by atoms with Crippen molar-refractivity contribution >= 4 is 27.4 Å². The Morgan fingerprint density at radius 3 is 2.38 bits per heavy atom. The van der Waals surface area contributed by atoms with Crippen molar-refractivity contribution in [2.45, 2.75) is 44.0 Å². The van der Waals surface area contributed by atoms with E-state index in [1.807, 2.05) is 0 Å². The van der Waals surface area contributed by atoms with Gasteiger partial charge in [0.15, 0.2) is 0 Å². The van der Waals surface area contributed by atoms with E-state index >= 15 is 0 Å². The van der Waals surface area contributed by atoms with E-state index in [9.17, 15) is 8.42 Å². The first-order valence-electron chi connectivity index (χ1n) is 7.17. The number of nitrogens with one attached hydrogen (secondary N) is 2. The molecular formula is C14H22ClN3O2S. The van der Waals surface area contributed by atoms with Gasteiger partial charge in [0.1, 0.15) is 10.7 Å². The van der Waals surface area contributed by atoms with Crippen LogP contribution in [-0.2, 0) is 10.0 Å². The van der Waals surface area contributed by atoms with Gasteiger partial charge in [0.2, 0.25) is 10.0 Å². The molecule has 2 N–H and O–H groups in total. The lowest BCUT2D eigenvalue weighted by Crippen LogP contribution is -2.40. The van der Waals surface area contributed by atoms with Crippen molar-refractivity contribution in [2.24, 2.45) is 11.8 Å². The fraction of sp³-hybridized carbons (Fsp3) is 0.643. The molecule has 0 saturated heterocycles. The molecule has 0 aromatic carbocycles. The summed E-state index contributed by atoms with van der Waals surface area (Å²) < 4.78 is 27.7. The van der Waals surface area contributed by atoms with Gasteiger partial charge in [0.05, 0.1) is 5.02 Å². The molecule has 0 aliphatic heterocycles. The highest BCUT2D eigenvalue weighted by Gasteiger charge is 2.28. The maximum atomic E-state index is 12.4. The van der Waals surface area contributed by atoms with E-state index in [1.165, 1.54) is 12.3 Å². The summed E-state index contributed by atoms with van der Waals surface area (Å²) in [5.74, 6) is 1.54. The largest absolute Gasteiger partial charge is 0.372 e. The number of sulfonamides is 1. The molecule has 118 valence electrons. The van der Waals surface area contributed by atoms with Gasteiger partial charge in [0.25, 0.3) is 0 Å². The number of pyridine rings is 1. The van der Waals surface area contributed by atoms with Crippen molar-refractivity contribution in [3.63, 3.8) is 0 Å². The zero-order valence-electron chi connectivity index (χ0n) is 12.6. The van der Waals surface area contributed by atoms with Crippen molar-refractivity contribution in [3.05, 3.63) is 17.3 Å². The monoisotopic (exact) mass is 331 g/mol. The molecule has 1 fully saturated rings. The Hall–Kier alpha value is -0.850. The molecule has 1 saturated carbocycles. The van der Waals surface area contributed by atoms with Crippen LogP contribution < -0.4 is 10.0 Å². The number of aromatic nitrogens is 1. The molecular weight excluding hydrogens is 310 g/mol. The second-order valence-electron chi connectivity index (χ2n) is 5.99. The molecule has 2 unspecified atom stereocenters.